The fraction of sp³-hybridized carbons (Fsp3) is 0.350. The van der Waals surface area contributed by atoms with Crippen molar-refractivity contribution in [3.05, 3.63) is 70.5 Å². The van der Waals surface area contributed by atoms with Crippen LogP contribution in [0.25, 0.3) is 0 Å². The lowest BCUT2D eigenvalue weighted by atomic mass is 9.85. The van der Waals surface area contributed by atoms with Crippen LogP contribution < -0.4 is 0 Å². The van der Waals surface area contributed by atoms with Gasteiger partial charge in [0.2, 0.25) is 0 Å². The van der Waals surface area contributed by atoms with Crippen molar-refractivity contribution < 1.29 is 19.0 Å². The topological polar surface area (TPSA) is 49.8 Å². The first-order chi connectivity index (χ1) is 12.4. The molecule has 0 aromatic heterocycles. The zero-order chi connectivity index (χ0) is 18.7. The summed E-state index contributed by atoms with van der Waals surface area (Å²) in [6.07, 6.45) is 0.340. The molecule has 2 aromatic rings. The highest BCUT2D eigenvalue weighted by atomic mass is 35.5. The number of nitrogens with zero attached hydrogens (tertiary/aromatic N) is 1. The molecule has 0 unspecified atom stereocenters. The normalized spacial score (nSPS) is 21.4. The van der Waals surface area contributed by atoms with Gasteiger partial charge >= 0.3 is 6.09 Å². The van der Waals surface area contributed by atoms with Crippen molar-refractivity contribution in [2.24, 2.45) is 0 Å². The number of amides is 1. The number of aliphatic hydroxyl groups excluding tert-OH is 1. The van der Waals surface area contributed by atoms with E-state index >= 15 is 0 Å². The lowest BCUT2D eigenvalue weighted by molar-refractivity contribution is -0.0718. The number of ether oxygens (including phenoxy) is 1. The largest absolute Gasteiger partial charge is 0.438 e. The third-order valence-electron chi connectivity index (χ3n) is 4.98. The van der Waals surface area contributed by atoms with Crippen LogP contribution in [0.3, 0.4) is 0 Å². The van der Waals surface area contributed by atoms with Crippen LogP contribution in [-0.2, 0) is 10.3 Å². The molecule has 1 heterocycles. The third-order valence-corrected chi connectivity index (χ3v) is 5.23. The van der Waals surface area contributed by atoms with Gasteiger partial charge in [-0.15, -0.1) is 0 Å². The highest BCUT2D eigenvalue weighted by Crippen LogP contribution is 2.39. The third kappa shape index (κ3) is 3.69. The Balaban J connectivity index is 1.81. The molecule has 1 fully saturated rings. The average Bonchev–Trinajstić information content (AvgIpc) is 2.63. The van der Waals surface area contributed by atoms with Gasteiger partial charge in [-0.2, -0.15) is 0 Å². The van der Waals surface area contributed by atoms with Crippen LogP contribution in [0.1, 0.15) is 36.9 Å². The van der Waals surface area contributed by atoms with Crippen molar-refractivity contribution in [3.63, 3.8) is 0 Å². The van der Waals surface area contributed by atoms with Gasteiger partial charge < -0.3 is 14.7 Å². The van der Waals surface area contributed by atoms with E-state index in [0.29, 0.717) is 23.6 Å². The van der Waals surface area contributed by atoms with Crippen LogP contribution in [-0.4, -0.2) is 29.3 Å². The fourth-order valence-electron chi connectivity index (χ4n) is 3.40. The van der Waals surface area contributed by atoms with Crippen LogP contribution in [0.15, 0.2) is 48.5 Å². The molecular weight excluding hydrogens is 357 g/mol. The van der Waals surface area contributed by atoms with Crippen molar-refractivity contribution in [1.82, 2.24) is 4.90 Å². The quantitative estimate of drug-likeness (QED) is 0.824. The second kappa shape index (κ2) is 7.64. The first-order valence-corrected chi connectivity index (χ1v) is 8.95. The van der Waals surface area contributed by atoms with Gasteiger partial charge in [-0.1, -0.05) is 35.9 Å². The number of aliphatic hydroxyl groups is 1. The molecular formula is C20H21ClFNO3. The Morgan fingerprint density at radius 2 is 1.88 bits per heavy atom. The molecule has 6 heteroatoms. The number of benzene rings is 2. The van der Waals surface area contributed by atoms with Gasteiger partial charge in [0.05, 0.1) is 6.04 Å². The van der Waals surface area contributed by atoms with E-state index in [1.54, 1.807) is 29.2 Å². The molecule has 1 amide bonds. The van der Waals surface area contributed by atoms with E-state index in [2.05, 4.69) is 0 Å². The minimum absolute atomic E-state index is 0.128. The summed E-state index contributed by atoms with van der Waals surface area (Å²) in [5.74, 6) is -0.354. The Morgan fingerprint density at radius 1 is 1.23 bits per heavy atom. The van der Waals surface area contributed by atoms with E-state index in [4.69, 9.17) is 16.3 Å². The SMILES string of the molecule is C[C@@H](c1ccc(Cl)cc1)N1CC[C@](CCO)(c2ccc(F)cc2)OC1=O. The molecule has 1 N–H and O–H groups in total. The van der Waals surface area contributed by atoms with Crippen LogP contribution in [0, 0.1) is 5.82 Å². The highest BCUT2D eigenvalue weighted by molar-refractivity contribution is 6.30. The Hall–Kier alpha value is -2.11. The molecule has 4 nitrogen and oxygen atoms in total. The maximum atomic E-state index is 13.3. The summed E-state index contributed by atoms with van der Waals surface area (Å²) in [7, 11) is 0. The van der Waals surface area contributed by atoms with E-state index in [1.807, 2.05) is 19.1 Å². The molecule has 2 aromatic carbocycles. The van der Waals surface area contributed by atoms with E-state index in [1.165, 1.54) is 12.1 Å². The molecule has 0 spiro atoms. The van der Waals surface area contributed by atoms with Crippen LogP contribution >= 0.6 is 11.6 Å². The second-order valence-electron chi connectivity index (χ2n) is 6.51. The maximum absolute atomic E-state index is 13.3. The molecule has 2 atom stereocenters. The lowest BCUT2D eigenvalue weighted by Gasteiger charge is -2.43. The van der Waals surface area contributed by atoms with E-state index in [0.717, 1.165) is 5.56 Å². The Bertz CT molecular complexity index is 766. The molecule has 1 saturated heterocycles. The Kier molecular flexibility index (Phi) is 5.49. The number of hydrogen-bond acceptors (Lipinski definition) is 3. The molecule has 138 valence electrons. The monoisotopic (exact) mass is 377 g/mol. The molecule has 26 heavy (non-hydrogen) atoms. The first-order valence-electron chi connectivity index (χ1n) is 8.57. The molecule has 0 bridgehead atoms. The molecule has 0 aliphatic carbocycles. The highest BCUT2D eigenvalue weighted by Gasteiger charge is 2.43. The summed E-state index contributed by atoms with van der Waals surface area (Å²) in [5, 5.41) is 10.1. The standard InChI is InChI=1S/C20H21ClFNO3/c1-14(15-2-6-17(21)7-3-15)23-12-10-20(11-13-24,26-19(23)25)16-4-8-18(22)9-5-16/h2-9,14,24H,10-13H2,1H3/t14-,20-/m0/s1. The van der Waals surface area contributed by atoms with Crippen molar-refractivity contribution in [1.29, 1.82) is 0 Å². The van der Waals surface area contributed by atoms with Crippen molar-refractivity contribution >= 4 is 17.7 Å². The van der Waals surface area contributed by atoms with Gasteiger partial charge in [-0.3, -0.25) is 0 Å². The summed E-state index contributed by atoms with van der Waals surface area (Å²) < 4.78 is 19.0. The fourth-order valence-corrected chi connectivity index (χ4v) is 3.53. The summed E-state index contributed by atoms with van der Waals surface area (Å²) in [6, 6.07) is 13.1. The van der Waals surface area contributed by atoms with Gasteiger partial charge in [-0.05, 0) is 42.3 Å². The second-order valence-corrected chi connectivity index (χ2v) is 6.95. The van der Waals surface area contributed by atoms with Crippen molar-refractivity contribution in [2.45, 2.75) is 31.4 Å². The zero-order valence-corrected chi connectivity index (χ0v) is 15.2. The number of hydrogen-bond donors (Lipinski definition) is 1. The molecule has 3 rings (SSSR count). The van der Waals surface area contributed by atoms with Gasteiger partial charge in [0.1, 0.15) is 11.4 Å². The van der Waals surface area contributed by atoms with Gasteiger partial charge in [-0.25, -0.2) is 9.18 Å². The van der Waals surface area contributed by atoms with Gasteiger partial charge in [0.25, 0.3) is 0 Å². The van der Waals surface area contributed by atoms with Crippen molar-refractivity contribution in [3.8, 4) is 0 Å². The van der Waals surface area contributed by atoms with E-state index < -0.39 is 11.7 Å². The van der Waals surface area contributed by atoms with E-state index in [-0.39, 0.29) is 24.9 Å². The summed E-state index contributed by atoms with van der Waals surface area (Å²) in [5.41, 5.74) is 0.721. The minimum Gasteiger partial charge on any atom is -0.438 e. The van der Waals surface area contributed by atoms with Crippen LogP contribution in [0.4, 0.5) is 9.18 Å². The predicted octanol–water partition coefficient (Wildman–Crippen LogP) is 4.66. The minimum atomic E-state index is -0.935. The number of carbonyl (C=O) groups is 1. The Labute approximate surface area is 157 Å². The van der Waals surface area contributed by atoms with E-state index in [9.17, 15) is 14.3 Å². The Morgan fingerprint density at radius 3 is 2.46 bits per heavy atom. The first kappa shape index (κ1) is 18.7. The maximum Gasteiger partial charge on any atom is 0.411 e. The predicted molar refractivity (Wildman–Crippen MR) is 97.5 cm³/mol. The number of halogens is 2. The molecule has 1 aliphatic heterocycles. The number of rotatable bonds is 5. The summed E-state index contributed by atoms with van der Waals surface area (Å²) >= 11 is 5.93. The molecule has 0 saturated carbocycles. The van der Waals surface area contributed by atoms with Gasteiger partial charge in [0.15, 0.2) is 0 Å². The van der Waals surface area contributed by atoms with Gasteiger partial charge in [0, 0.05) is 31.0 Å². The average molecular weight is 378 g/mol. The van der Waals surface area contributed by atoms with Crippen molar-refractivity contribution in [2.75, 3.05) is 13.2 Å². The number of cyclic esters (lactones) is 1. The summed E-state index contributed by atoms with van der Waals surface area (Å²) in [6.45, 7) is 2.28. The summed E-state index contributed by atoms with van der Waals surface area (Å²) in [4.78, 5) is 14.4. The lowest BCUT2D eigenvalue weighted by Crippen LogP contribution is -2.49. The van der Waals surface area contributed by atoms with Crippen LogP contribution in [0.5, 0.6) is 0 Å². The number of carbonyl (C=O) groups excluding carboxylic acids is 1. The smallest absolute Gasteiger partial charge is 0.411 e. The zero-order valence-electron chi connectivity index (χ0n) is 14.5. The molecule has 0 radical (unpaired) electrons. The van der Waals surface area contributed by atoms with Crippen LogP contribution in [0.2, 0.25) is 5.02 Å². The molecule has 1 aliphatic rings.